The summed E-state index contributed by atoms with van der Waals surface area (Å²) in [6.45, 7) is 1.59. The number of carbonyl (C=O) groups excluding carboxylic acids is 2. The summed E-state index contributed by atoms with van der Waals surface area (Å²) in [7, 11) is 0. The van der Waals surface area contributed by atoms with Crippen LogP contribution >= 0.6 is 11.8 Å². The van der Waals surface area contributed by atoms with Crippen LogP contribution < -0.4 is 5.32 Å². The maximum absolute atomic E-state index is 13.0. The molecule has 0 aromatic heterocycles. The molecule has 2 fully saturated rings. The SMILES string of the molecule is O=C(NC[C@H]1CCO[C@H]1C(=O)N1CCSC(C(=O)O)C1)OCC1c2ccccc2-c2ccccc21. The Labute approximate surface area is 208 Å². The van der Waals surface area contributed by atoms with E-state index in [1.165, 1.54) is 22.9 Å². The molecule has 0 spiro atoms. The van der Waals surface area contributed by atoms with E-state index >= 15 is 0 Å². The molecule has 2 amide bonds. The van der Waals surface area contributed by atoms with Crippen LogP contribution in [0.1, 0.15) is 23.5 Å². The number of benzene rings is 2. The first kappa shape index (κ1) is 23.7. The lowest BCUT2D eigenvalue weighted by Gasteiger charge is -2.33. The number of alkyl carbamates (subject to hydrolysis) is 1. The summed E-state index contributed by atoms with van der Waals surface area (Å²) in [6.07, 6.45) is -0.558. The Bertz CT molecular complexity index is 1080. The normalized spacial score (nSPS) is 23.4. The highest BCUT2D eigenvalue weighted by molar-refractivity contribution is 8.00. The standard InChI is InChI=1S/C26H28N2O6S/c29-24(28-10-12-35-22(14-28)25(30)31)23-16(9-11-33-23)13-27-26(32)34-15-21-19-7-3-1-5-17(19)18-6-2-4-8-20(18)21/h1-8,16,21-23H,9-15H2,(H,27,32)(H,30,31)/t16-,22?,23-/m1/s1. The fraction of sp³-hybridized carbons (Fsp3) is 0.423. The van der Waals surface area contributed by atoms with Gasteiger partial charge in [0.15, 0.2) is 0 Å². The van der Waals surface area contributed by atoms with Gasteiger partial charge in [0, 0.05) is 43.8 Å². The van der Waals surface area contributed by atoms with Gasteiger partial charge in [-0.1, -0.05) is 48.5 Å². The van der Waals surface area contributed by atoms with E-state index in [-0.39, 0.29) is 37.4 Å². The fourth-order valence-corrected chi connectivity index (χ4v) is 6.20. The van der Waals surface area contributed by atoms with Crippen LogP contribution in [0.25, 0.3) is 11.1 Å². The van der Waals surface area contributed by atoms with Gasteiger partial charge in [0.25, 0.3) is 5.91 Å². The number of aliphatic carboxylic acids is 1. The van der Waals surface area contributed by atoms with E-state index in [4.69, 9.17) is 9.47 Å². The number of nitrogens with zero attached hydrogens (tertiary/aromatic N) is 1. The summed E-state index contributed by atoms with van der Waals surface area (Å²) >= 11 is 1.35. The van der Waals surface area contributed by atoms with Crippen LogP contribution in [0.4, 0.5) is 4.79 Å². The third-order valence-corrected chi connectivity index (χ3v) is 8.13. The van der Waals surface area contributed by atoms with Crippen molar-refractivity contribution in [2.45, 2.75) is 23.7 Å². The Kier molecular flexibility index (Phi) is 6.97. The van der Waals surface area contributed by atoms with Gasteiger partial charge in [-0.05, 0) is 28.7 Å². The lowest BCUT2D eigenvalue weighted by molar-refractivity contribution is -0.144. The highest BCUT2D eigenvalue weighted by atomic mass is 32.2. The molecule has 5 rings (SSSR count). The topological polar surface area (TPSA) is 105 Å². The van der Waals surface area contributed by atoms with Crippen molar-refractivity contribution in [2.75, 3.05) is 38.6 Å². The van der Waals surface area contributed by atoms with Crippen LogP contribution in [0.5, 0.6) is 0 Å². The second-order valence-corrected chi connectivity index (χ2v) is 10.3. The molecule has 9 heteroatoms. The molecule has 2 N–H and O–H groups in total. The van der Waals surface area contributed by atoms with Crippen molar-refractivity contribution in [1.29, 1.82) is 0 Å². The van der Waals surface area contributed by atoms with Gasteiger partial charge in [0.05, 0.1) is 0 Å². The summed E-state index contributed by atoms with van der Waals surface area (Å²) in [5.41, 5.74) is 4.64. The van der Waals surface area contributed by atoms with Gasteiger partial charge in [-0.3, -0.25) is 9.59 Å². The van der Waals surface area contributed by atoms with Gasteiger partial charge < -0.3 is 24.8 Å². The molecule has 3 aliphatic rings. The first-order valence-electron chi connectivity index (χ1n) is 11.9. The van der Waals surface area contributed by atoms with Gasteiger partial charge in [0.2, 0.25) is 0 Å². The van der Waals surface area contributed by atoms with Crippen LogP contribution in [0.15, 0.2) is 48.5 Å². The van der Waals surface area contributed by atoms with Crippen molar-refractivity contribution in [1.82, 2.24) is 10.2 Å². The predicted molar refractivity (Wildman–Crippen MR) is 131 cm³/mol. The van der Waals surface area contributed by atoms with Crippen molar-refractivity contribution in [3.8, 4) is 11.1 Å². The van der Waals surface area contributed by atoms with E-state index in [1.54, 1.807) is 4.90 Å². The van der Waals surface area contributed by atoms with Crippen molar-refractivity contribution in [3.05, 3.63) is 59.7 Å². The van der Waals surface area contributed by atoms with Crippen LogP contribution in [0, 0.1) is 5.92 Å². The maximum Gasteiger partial charge on any atom is 0.407 e. The minimum atomic E-state index is -0.909. The number of nitrogens with one attached hydrogen (secondary N) is 1. The number of carboxylic acid groups (broad SMARTS) is 1. The minimum Gasteiger partial charge on any atom is -0.480 e. The molecule has 1 aliphatic carbocycles. The number of hydrogen-bond donors (Lipinski definition) is 2. The number of carboxylic acids is 1. The molecule has 1 unspecified atom stereocenters. The Balaban J connectivity index is 1.15. The van der Waals surface area contributed by atoms with E-state index in [0.29, 0.717) is 25.3 Å². The third-order valence-electron chi connectivity index (χ3n) is 6.96. The zero-order valence-electron chi connectivity index (χ0n) is 19.2. The first-order chi connectivity index (χ1) is 17.0. The number of hydrogen-bond acceptors (Lipinski definition) is 6. The summed E-state index contributed by atoms with van der Waals surface area (Å²) in [5, 5.41) is 11.5. The molecule has 0 saturated carbocycles. The first-order valence-corrected chi connectivity index (χ1v) is 12.9. The Hall–Kier alpha value is -3.04. The molecule has 2 aromatic carbocycles. The van der Waals surface area contributed by atoms with E-state index in [1.807, 2.05) is 24.3 Å². The van der Waals surface area contributed by atoms with Crippen molar-refractivity contribution in [2.24, 2.45) is 5.92 Å². The second kappa shape index (κ2) is 10.3. The molecule has 2 aliphatic heterocycles. The molecule has 0 radical (unpaired) electrons. The van der Waals surface area contributed by atoms with Gasteiger partial charge in [0.1, 0.15) is 18.0 Å². The number of ether oxygens (including phenoxy) is 2. The zero-order chi connectivity index (χ0) is 24.4. The Morgan fingerprint density at radius 1 is 1.09 bits per heavy atom. The summed E-state index contributed by atoms with van der Waals surface area (Å²) < 4.78 is 11.3. The van der Waals surface area contributed by atoms with Gasteiger partial charge >= 0.3 is 12.1 Å². The highest BCUT2D eigenvalue weighted by Gasteiger charge is 2.39. The summed E-state index contributed by atoms with van der Waals surface area (Å²) in [5.74, 6) is -0.725. The van der Waals surface area contributed by atoms with E-state index in [9.17, 15) is 19.5 Å². The number of thioether (sulfide) groups is 1. The monoisotopic (exact) mass is 496 g/mol. The van der Waals surface area contributed by atoms with Crippen LogP contribution in [0.3, 0.4) is 0 Å². The molecular formula is C26H28N2O6S. The molecule has 0 bridgehead atoms. The minimum absolute atomic E-state index is 0.0172. The average Bonchev–Trinajstić information content (AvgIpc) is 3.48. The zero-order valence-corrected chi connectivity index (χ0v) is 20.0. The van der Waals surface area contributed by atoms with Crippen LogP contribution in [0.2, 0.25) is 0 Å². The number of carbonyl (C=O) groups is 3. The Morgan fingerprint density at radius 2 is 1.77 bits per heavy atom. The molecule has 35 heavy (non-hydrogen) atoms. The lowest BCUT2D eigenvalue weighted by atomic mass is 9.98. The van der Waals surface area contributed by atoms with Crippen LogP contribution in [-0.2, 0) is 19.1 Å². The number of rotatable bonds is 6. The summed E-state index contributed by atoms with van der Waals surface area (Å²) in [4.78, 5) is 38.5. The fourth-order valence-electron chi connectivity index (χ4n) is 5.16. The maximum atomic E-state index is 13.0. The molecule has 2 heterocycles. The Morgan fingerprint density at radius 3 is 2.46 bits per heavy atom. The lowest BCUT2D eigenvalue weighted by Crippen LogP contribution is -2.50. The van der Waals surface area contributed by atoms with Crippen molar-refractivity contribution < 1.29 is 29.0 Å². The van der Waals surface area contributed by atoms with Gasteiger partial charge in [-0.2, -0.15) is 0 Å². The largest absolute Gasteiger partial charge is 0.480 e. The molecular weight excluding hydrogens is 468 g/mol. The van der Waals surface area contributed by atoms with E-state index in [0.717, 1.165) is 11.1 Å². The van der Waals surface area contributed by atoms with Crippen molar-refractivity contribution in [3.63, 3.8) is 0 Å². The predicted octanol–water partition coefficient (Wildman–Crippen LogP) is 2.96. The molecule has 2 aromatic rings. The molecule has 8 nitrogen and oxygen atoms in total. The number of amides is 2. The molecule has 184 valence electrons. The summed E-state index contributed by atoms with van der Waals surface area (Å²) in [6, 6.07) is 16.3. The van der Waals surface area contributed by atoms with Crippen LogP contribution in [-0.4, -0.2) is 77.9 Å². The van der Waals surface area contributed by atoms with Gasteiger partial charge in [-0.25, -0.2) is 4.79 Å². The highest BCUT2D eigenvalue weighted by Crippen LogP contribution is 2.44. The third kappa shape index (κ3) is 4.88. The number of fused-ring (bicyclic) bond motifs is 3. The smallest absolute Gasteiger partial charge is 0.407 e. The molecule has 2 saturated heterocycles. The van der Waals surface area contributed by atoms with E-state index < -0.39 is 23.4 Å². The average molecular weight is 497 g/mol. The van der Waals surface area contributed by atoms with Crippen molar-refractivity contribution >= 4 is 29.7 Å². The van der Waals surface area contributed by atoms with Gasteiger partial charge in [-0.15, -0.1) is 11.8 Å². The second-order valence-electron chi connectivity index (χ2n) is 9.03. The molecule has 3 atom stereocenters. The quantitative estimate of drug-likeness (QED) is 0.634. The van der Waals surface area contributed by atoms with E-state index in [2.05, 4.69) is 29.6 Å².